The van der Waals surface area contributed by atoms with Gasteiger partial charge in [0.2, 0.25) is 5.91 Å². The lowest BCUT2D eigenvalue weighted by Crippen LogP contribution is -2.40. The Morgan fingerprint density at radius 3 is 2.90 bits per heavy atom. The zero-order valence-electron chi connectivity index (χ0n) is 11.8. The fraction of sp³-hybridized carbons (Fsp3) is 0.500. The Kier molecular flexibility index (Phi) is 4.90. The van der Waals surface area contributed by atoms with Gasteiger partial charge in [0, 0.05) is 31.2 Å². The lowest BCUT2D eigenvalue weighted by atomic mass is 9.95. The standard InChI is InChI=1S/C16H21NO3/c1-2-13(6-8-18)16(20)17-7-5-14-9-12(11-19)3-4-15(14)10-17/h3-4,9,11,13,18H,2,5-8,10H2,1H3. The van der Waals surface area contributed by atoms with Crippen LogP contribution in [0.2, 0.25) is 0 Å². The van der Waals surface area contributed by atoms with Gasteiger partial charge in [-0.2, -0.15) is 0 Å². The highest BCUT2D eigenvalue weighted by Crippen LogP contribution is 2.22. The Hall–Kier alpha value is -1.68. The first kappa shape index (κ1) is 14.7. The number of hydrogen-bond donors (Lipinski definition) is 1. The van der Waals surface area contributed by atoms with E-state index >= 15 is 0 Å². The molecule has 1 aliphatic heterocycles. The van der Waals surface area contributed by atoms with E-state index in [0.29, 0.717) is 25.1 Å². The average Bonchev–Trinajstić information content (AvgIpc) is 2.50. The molecule has 0 saturated heterocycles. The van der Waals surface area contributed by atoms with Crippen molar-refractivity contribution in [2.24, 2.45) is 5.92 Å². The predicted molar refractivity (Wildman–Crippen MR) is 76.4 cm³/mol. The second-order valence-corrected chi connectivity index (χ2v) is 5.27. The topological polar surface area (TPSA) is 57.6 Å². The van der Waals surface area contributed by atoms with E-state index < -0.39 is 0 Å². The van der Waals surface area contributed by atoms with E-state index in [1.54, 1.807) is 6.07 Å². The third-order valence-electron chi connectivity index (χ3n) is 4.01. The lowest BCUT2D eigenvalue weighted by Gasteiger charge is -2.31. The maximum atomic E-state index is 12.4. The molecule has 0 saturated carbocycles. The first-order valence-corrected chi connectivity index (χ1v) is 7.16. The predicted octanol–water partition coefficient (Wildman–Crippen LogP) is 1.79. The molecule has 1 unspecified atom stereocenters. The van der Waals surface area contributed by atoms with Crippen molar-refractivity contribution in [3.63, 3.8) is 0 Å². The lowest BCUT2D eigenvalue weighted by molar-refractivity contribution is -0.137. The Bertz CT molecular complexity index is 498. The van der Waals surface area contributed by atoms with Crippen LogP contribution in [0.5, 0.6) is 0 Å². The van der Waals surface area contributed by atoms with E-state index in [0.717, 1.165) is 30.3 Å². The molecular formula is C16H21NO3. The molecule has 0 radical (unpaired) electrons. The largest absolute Gasteiger partial charge is 0.396 e. The Morgan fingerprint density at radius 2 is 2.25 bits per heavy atom. The number of hydrogen-bond acceptors (Lipinski definition) is 3. The van der Waals surface area contributed by atoms with Gasteiger partial charge in [0.25, 0.3) is 0 Å². The third kappa shape index (κ3) is 3.07. The number of aliphatic hydroxyl groups is 1. The van der Waals surface area contributed by atoms with Gasteiger partial charge in [-0.1, -0.05) is 19.1 Å². The van der Waals surface area contributed by atoms with E-state index in [2.05, 4.69) is 0 Å². The van der Waals surface area contributed by atoms with E-state index in [1.165, 1.54) is 0 Å². The Balaban J connectivity index is 2.10. The highest BCUT2D eigenvalue weighted by Gasteiger charge is 2.25. The second-order valence-electron chi connectivity index (χ2n) is 5.27. The fourth-order valence-electron chi connectivity index (χ4n) is 2.75. The molecule has 20 heavy (non-hydrogen) atoms. The maximum absolute atomic E-state index is 12.4. The van der Waals surface area contributed by atoms with Crippen molar-refractivity contribution in [1.29, 1.82) is 0 Å². The molecule has 4 nitrogen and oxygen atoms in total. The van der Waals surface area contributed by atoms with Crippen LogP contribution in [-0.2, 0) is 17.8 Å². The van der Waals surface area contributed by atoms with Crippen molar-refractivity contribution < 1.29 is 14.7 Å². The van der Waals surface area contributed by atoms with Crippen LogP contribution in [0.25, 0.3) is 0 Å². The second kappa shape index (κ2) is 6.66. The summed E-state index contributed by atoms with van der Waals surface area (Å²) >= 11 is 0. The van der Waals surface area contributed by atoms with Gasteiger partial charge in [0.1, 0.15) is 6.29 Å². The molecular weight excluding hydrogens is 254 g/mol. The van der Waals surface area contributed by atoms with Crippen molar-refractivity contribution in [2.45, 2.75) is 32.7 Å². The minimum atomic E-state index is -0.0872. The van der Waals surface area contributed by atoms with Crippen LogP contribution in [0.15, 0.2) is 18.2 Å². The number of rotatable bonds is 5. The van der Waals surface area contributed by atoms with Crippen LogP contribution in [0.4, 0.5) is 0 Å². The number of amides is 1. The van der Waals surface area contributed by atoms with Gasteiger partial charge in [0.15, 0.2) is 0 Å². The summed E-state index contributed by atoms with van der Waals surface area (Å²) in [5.41, 5.74) is 2.97. The van der Waals surface area contributed by atoms with Crippen molar-refractivity contribution in [3.05, 3.63) is 34.9 Å². The summed E-state index contributed by atoms with van der Waals surface area (Å²) in [7, 11) is 0. The van der Waals surface area contributed by atoms with Crippen LogP contribution >= 0.6 is 0 Å². The molecule has 4 heteroatoms. The maximum Gasteiger partial charge on any atom is 0.226 e. The summed E-state index contributed by atoms with van der Waals surface area (Å²) in [6.45, 7) is 3.33. The summed E-state index contributed by atoms with van der Waals surface area (Å²) < 4.78 is 0. The molecule has 1 aliphatic rings. The van der Waals surface area contributed by atoms with E-state index in [-0.39, 0.29) is 18.4 Å². The molecule has 0 aliphatic carbocycles. The average molecular weight is 275 g/mol. The summed E-state index contributed by atoms with van der Waals surface area (Å²) in [5, 5.41) is 9.03. The van der Waals surface area contributed by atoms with Crippen LogP contribution in [-0.4, -0.2) is 35.4 Å². The van der Waals surface area contributed by atoms with Crippen LogP contribution < -0.4 is 0 Å². The number of aliphatic hydroxyl groups excluding tert-OH is 1. The Morgan fingerprint density at radius 1 is 1.45 bits per heavy atom. The van der Waals surface area contributed by atoms with Gasteiger partial charge in [0.05, 0.1) is 0 Å². The van der Waals surface area contributed by atoms with Gasteiger partial charge in [-0.3, -0.25) is 9.59 Å². The smallest absolute Gasteiger partial charge is 0.226 e. The van der Waals surface area contributed by atoms with E-state index in [4.69, 9.17) is 5.11 Å². The number of aldehydes is 1. The Labute approximate surface area is 119 Å². The number of carbonyl (C=O) groups is 2. The third-order valence-corrected chi connectivity index (χ3v) is 4.01. The number of carbonyl (C=O) groups excluding carboxylic acids is 2. The van der Waals surface area contributed by atoms with Crippen molar-refractivity contribution in [2.75, 3.05) is 13.2 Å². The fourth-order valence-corrected chi connectivity index (χ4v) is 2.75. The van der Waals surface area contributed by atoms with Gasteiger partial charge >= 0.3 is 0 Å². The van der Waals surface area contributed by atoms with E-state index in [9.17, 15) is 9.59 Å². The van der Waals surface area contributed by atoms with Gasteiger partial charge < -0.3 is 10.0 Å². The highest BCUT2D eigenvalue weighted by atomic mass is 16.3. The molecule has 1 amide bonds. The highest BCUT2D eigenvalue weighted by molar-refractivity contribution is 5.79. The zero-order valence-corrected chi connectivity index (χ0v) is 11.8. The molecule has 1 aromatic rings. The normalized spacial score (nSPS) is 15.6. The minimum Gasteiger partial charge on any atom is -0.396 e. The van der Waals surface area contributed by atoms with Gasteiger partial charge in [-0.25, -0.2) is 0 Å². The molecule has 2 rings (SSSR count). The molecule has 1 aromatic carbocycles. The van der Waals surface area contributed by atoms with Gasteiger partial charge in [-0.15, -0.1) is 0 Å². The monoisotopic (exact) mass is 275 g/mol. The number of fused-ring (bicyclic) bond motifs is 1. The zero-order chi connectivity index (χ0) is 14.5. The van der Waals surface area contributed by atoms with Crippen molar-refractivity contribution in [3.8, 4) is 0 Å². The first-order chi connectivity index (χ1) is 9.69. The first-order valence-electron chi connectivity index (χ1n) is 7.16. The minimum absolute atomic E-state index is 0.0529. The molecule has 0 spiro atoms. The summed E-state index contributed by atoms with van der Waals surface area (Å²) in [5.74, 6) is 0.0439. The summed E-state index contributed by atoms with van der Waals surface area (Å²) in [6.07, 6.45) is 2.93. The number of nitrogens with zero attached hydrogens (tertiary/aromatic N) is 1. The van der Waals surface area contributed by atoms with Crippen LogP contribution in [0.3, 0.4) is 0 Å². The van der Waals surface area contributed by atoms with Crippen LogP contribution in [0.1, 0.15) is 41.3 Å². The van der Waals surface area contributed by atoms with Crippen molar-refractivity contribution in [1.82, 2.24) is 4.90 Å². The molecule has 0 aromatic heterocycles. The quantitative estimate of drug-likeness (QED) is 0.834. The summed E-state index contributed by atoms with van der Waals surface area (Å²) in [6, 6.07) is 5.64. The molecule has 0 fully saturated rings. The molecule has 108 valence electrons. The van der Waals surface area contributed by atoms with E-state index in [1.807, 2.05) is 24.0 Å². The summed E-state index contributed by atoms with van der Waals surface area (Å²) in [4.78, 5) is 25.1. The molecule has 1 N–H and O–H groups in total. The van der Waals surface area contributed by atoms with Crippen molar-refractivity contribution >= 4 is 12.2 Å². The molecule has 1 heterocycles. The number of benzene rings is 1. The SMILES string of the molecule is CCC(CCO)C(=O)N1CCc2cc(C=O)ccc2C1. The van der Waals surface area contributed by atoms with Gasteiger partial charge in [-0.05, 0) is 36.5 Å². The van der Waals surface area contributed by atoms with Crippen LogP contribution in [0, 0.1) is 5.92 Å². The molecule has 0 bridgehead atoms. The molecule has 1 atom stereocenters.